The van der Waals surface area contributed by atoms with E-state index >= 15 is 0 Å². The molecule has 1 fully saturated rings. The van der Waals surface area contributed by atoms with Crippen LogP contribution in [0.5, 0.6) is 0 Å². The maximum Gasteiger partial charge on any atom is 0.270 e. The lowest BCUT2D eigenvalue weighted by Gasteiger charge is -2.10. The quantitative estimate of drug-likeness (QED) is 0.459. The van der Waals surface area contributed by atoms with Crippen LogP contribution in [0.1, 0.15) is 34.6 Å². The number of imidazole rings is 1. The molecular weight excluding hydrogens is 408 g/mol. The zero-order chi connectivity index (χ0) is 21.9. The molecule has 1 saturated heterocycles. The third kappa shape index (κ3) is 4.39. The molecule has 5 heterocycles. The lowest BCUT2D eigenvalue weighted by molar-refractivity contribution is 0.0945. The Kier molecular flexibility index (Phi) is 5.66. The zero-order valence-corrected chi connectivity index (χ0v) is 17.5. The highest BCUT2D eigenvalue weighted by Crippen LogP contribution is 2.12. The van der Waals surface area contributed by atoms with E-state index < -0.39 is 5.91 Å². The van der Waals surface area contributed by atoms with Crippen LogP contribution in [0.2, 0.25) is 0 Å². The van der Waals surface area contributed by atoms with E-state index in [1.54, 1.807) is 24.4 Å². The van der Waals surface area contributed by atoms with Crippen molar-refractivity contribution in [3.63, 3.8) is 0 Å². The molecule has 0 saturated carbocycles. The molecule has 1 aliphatic heterocycles. The van der Waals surface area contributed by atoms with Gasteiger partial charge in [0.1, 0.15) is 17.0 Å². The number of fused-ring (bicyclic) bond motifs is 2. The number of pyridine rings is 2. The lowest BCUT2D eigenvalue weighted by Crippen LogP contribution is -2.27. The average molecular weight is 432 g/mol. The first kappa shape index (κ1) is 20.3. The fraction of sp³-hybridized carbons (Fsp3) is 0.304. The molecule has 4 aromatic rings. The largest absolute Gasteiger partial charge is 0.377 e. The number of nitrogens with zero attached hydrogens (tertiary/aromatic N) is 4. The molecule has 0 aliphatic carbocycles. The second kappa shape index (κ2) is 8.89. The first-order chi connectivity index (χ1) is 15.7. The Morgan fingerprint density at radius 3 is 2.94 bits per heavy atom. The molecule has 9 heteroatoms. The fourth-order valence-corrected chi connectivity index (χ4v) is 3.89. The Morgan fingerprint density at radius 1 is 1.12 bits per heavy atom. The molecule has 1 amide bonds. The van der Waals surface area contributed by atoms with E-state index in [4.69, 9.17) is 4.74 Å². The first-order valence-corrected chi connectivity index (χ1v) is 10.7. The van der Waals surface area contributed by atoms with E-state index in [2.05, 4.69) is 20.6 Å². The van der Waals surface area contributed by atoms with Crippen molar-refractivity contribution in [3.8, 4) is 0 Å². The van der Waals surface area contributed by atoms with E-state index in [1.807, 2.05) is 28.9 Å². The van der Waals surface area contributed by atoms with Crippen molar-refractivity contribution in [1.29, 1.82) is 0 Å². The molecule has 0 radical (unpaired) electrons. The fourth-order valence-electron chi connectivity index (χ4n) is 3.89. The third-order valence-electron chi connectivity index (χ3n) is 5.52. The molecule has 2 N–H and O–H groups in total. The van der Waals surface area contributed by atoms with Crippen molar-refractivity contribution in [2.24, 2.45) is 0 Å². The second-order valence-electron chi connectivity index (χ2n) is 7.89. The van der Waals surface area contributed by atoms with Crippen molar-refractivity contribution in [3.05, 3.63) is 82.3 Å². The van der Waals surface area contributed by atoms with Gasteiger partial charge in [-0.3, -0.25) is 14.0 Å². The highest BCUT2D eigenvalue weighted by Gasteiger charge is 2.15. The number of carbonyl (C=O) groups is 1. The summed E-state index contributed by atoms with van der Waals surface area (Å²) in [5.74, 6) is -0.412. The summed E-state index contributed by atoms with van der Waals surface area (Å²) in [5, 5.41) is 6.24. The molecule has 0 spiro atoms. The Labute approximate surface area is 184 Å². The summed E-state index contributed by atoms with van der Waals surface area (Å²) >= 11 is 0. The van der Waals surface area contributed by atoms with E-state index in [0.29, 0.717) is 11.8 Å². The summed E-state index contributed by atoms with van der Waals surface area (Å²) in [4.78, 5) is 33.5. The minimum atomic E-state index is -0.412. The average Bonchev–Trinajstić information content (AvgIpc) is 3.47. The lowest BCUT2D eigenvalue weighted by atomic mass is 10.2. The van der Waals surface area contributed by atoms with Crippen LogP contribution >= 0.6 is 0 Å². The molecule has 32 heavy (non-hydrogen) atoms. The molecule has 164 valence electrons. The molecule has 0 bridgehead atoms. The molecular formula is C23H24N6O3. The van der Waals surface area contributed by atoms with Gasteiger partial charge in [0.25, 0.3) is 11.5 Å². The molecule has 0 aromatic carbocycles. The van der Waals surface area contributed by atoms with Crippen molar-refractivity contribution in [2.75, 3.05) is 13.2 Å². The number of hydrogen-bond donors (Lipinski definition) is 2. The summed E-state index contributed by atoms with van der Waals surface area (Å²) in [6.45, 7) is 2.71. The predicted octanol–water partition coefficient (Wildman–Crippen LogP) is 1.54. The monoisotopic (exact) mass is 432 g/mol. The maximum absolute atomic E-state index is 12.5. The summed E-state index contributed by atoms with van der Waals surface area (Å²) in [7, 11) is 0. The Balaban J connectivity index is 1.22. The van der Waals surface area contributed by atoms with Gasteiger partial charge in [0, 0.05) is 44.4 Å². The van der Waals surface area contributed by atoms with Gasteiger partial charge >= 0.3 is 0 Å². The number of nitrogens with one attached hydrogen (secondary N) is 2. The van der Waals surface area contributed by atoms with Gasteiger partial charge in [0.15, 0.2) is 0 Å². The topological polar surface area (TPSA) is 102 Å². The van der Waals surface area contributed by atoms with Crippen LogP contribution in [0.15, 0.2) is 59.8 Å². The number of rotatable bonds is 7. The highest BCUT2D eigenvalue weighted by molar-refractivity contribution is 5.92. The van der Waals surface area contributed by atoms with E-state index in [-0.39, 0.29) is 17.8 Å². The summed E-state index contributed by atoms with van der Waals surface area (Å²) in [6.07, 6.45) is 8.11. The summed E-state index contributed by atoms with van der Waals surface area (Å²) in [5.41, 5.74) is 2.89. The number of ether oxygens (including phenoxy) is 1. The number of carbonyl (C=O) groups excluding carboxylic acids is 1. The molecule has 4 aromatic heterocycles. The third-order valence-corrected chi connectivity index (χ3v) is 5.52. The minimum absolute atomic E-state index is 0.0876. The molecule has 9 nitrogen and oxygen atoms in total. The Hall–Kier alpha value is -3.56. The highest BCUT2D eigenvalue weighted by atomic mass is 16.5. The zero-order valence-electron chi connectivity index (χ0n) is 17.5. The molecule has 1 atom stereocenters. The Morgan fingerprint density at radius 2 is 2.06 bits per heavy atom. The van der Waals surface area contributed by atoms with Gasteiger partial charge in [-0.15, -0.1) is 0 Å². The number of hydrogen-bond acceptors (Lipinski definition) is 6. The molecule has 5 rings (SSSR count). The van der Waals surface area contributed by atoms with E-state index in [9.17, 15) is 9.59 Å². The second-order valence-corrected chi connectivity index (χ2v) is 7.89. The molecule has 0 unspecified atom stereocenters. The summed E-state index contributed by atoms with van der Waals surface area (Å²) in [6, 6.07) is 10.4. The van der Waals surface area contributed by atoms with Gasteiger partial charge in [-0.2, -0.15) is 0 Å². The smallest absolute Gasteiger partial charge is 0.270 e. The van der Waals surface area contributed by atoms with Crippen LogP contribution in [-0.2, 0) is 17.8 Å². The SMILES string of the molecule is O=C(NCc1cn2cc(CNC[C@@H]3CCCO3)ccc2n1)c1cc(=O)n2ccccc2n1. The standard InChI is InChI=1S/C23H24N6O3/c30-22-10-19(27-21-5-1-2-8-29(21)22)23(31)25-12-17-15-28-14-16(6-7-20(28)26-17)11-24-13-18-4-3-9-32-18/h1-2,5-8,10,14-15,18,24H,3-4,9,11-13H2,(H,25,31)/t18-/m0/s1. The van der Waals surface area contributed by atoms with Gasteiger partial charge in [-0.05, 0) is 36.6 Å². The first-order valence-electron chi connectivity index (χ1n) is 10.7. The van der Waals surface area contributed by atoms with E-state index in [1.165, 1.54) is 10.5 Å². The van der Waals surface area contributed by atoms with Crippen LogP contribution < -0.4 is 16.2 Å². The van der Waals surface area contributed by atoms with Crippen molar-refractivity contribution < 1.29 is 9.53 Å². The van der Waals surface area contributed by atoms with Crippen LogP contribution in [-0.4, -0.2) is 43.9 Å². The number of amides is 1. The van der Waals surface area contributed by atoms with Gasteiger partial charge in [0.2, 0.25) is 0 Å². The normalized spacial score (nSPS) is 16.1. The van der Waals surface area contributed by atoms with Crippen LogP contribution in [0.25, 0.3) is 11.3 Å². The maximum atomic E-state index is 12.5. The number of aromatic nitrogens is 4. The van der Waals surface area contributed by atoms with E-state index in [0.717, 1.165) is 49.4 Å². The minimum Gasteiger partial charge on any atom is -0.377 e. The summed E-state index contributed by atoms with van der Waals surface area (Å²) < 4.78 is 8.98. The Bertz CT molecular complexity index is 1320. The van der Waals surface area contributed by atoms with Crippen LogP contribution in [0, 0.1) is 0 Å². The van der Waals surface area contributed by atoms with Crippen LogP contribution in [0.3, 0.4) is 0 Å². The van der Waals surface area contributed by atoms with Gasteiger partial charge in [-0.25, -0.2) is 9.97 Å². The van der Waals surface area contributed by atoms with Crippen LogP contribution in [0.4, 0.5) is 0 Å². The predicted molar refractivity (Wildman–Crippen MR) is 119 cm³/mol. The van der Waals surface area contributed by atoms with Crippen molar-refractivity contribution >= 4 is 17.2 Å². The van der Waals surface area contributed by atoms with Gasteiger partial charge < -0.3 is 19.8 Å². The van der Waals surface area contributed by atoms with Gasteiger partial charge in [0.05, 0.1) is 18.3 Å². The van der Waals surface area contributed by atoms with Crippen molar-refractivity contribution in [2.45, 2.75) is 32.0 Å². The van der Waals surface area contributed by atoms with Crippen molar-refractivity contribution in [1.82, 2.24) is 29.4 Å². The van der Waals surface area contributed by atoms with Gasteiger partial charge in [-0.1, -0.05) is 12.1 Å². The molecule has 1 aliphatic rings.